The molecule has 0 aliphatic rings. The zero-order chi connectivity index (χ0) is 15.2. The van der Waals surface area contributed by atoms with Gasteiger partial charge in [0.15, 0.2) is 0 Å². The average molecular weight is 271 g/mol. The zero-order valence-electron chi connectivity index (χ0n) is 12.2. The lowest BCUT2D eigenvalue weighted by Gasteiger charge is -2.28. The van der Waals surface area contributed by atoms with Gasteiger partial charge < -0.3 is 11.1 Å². The third-order valence-corrected chi connectivity index (χ3v) is 2.94. The van der Waals surface area contributed by atoms with E-state index in [0.29, 0.717) is 12.1 Å². The topological polar surface area (TPSA) is 78.9 Å². The van der Waals surface area contributed by atoms with E-state index < -0.39 is 0 Å². The molecule has 0 saturated carbocycles. The first-order valence-electron chi connectivity index (χ1n) is 6.54. The number of carbonyl (C=O) groups excluding carboxylic acids is 1. The van der Waals surface area contributed by atoms with Crippen LogP contribution in [0.25, 0.3) is 6.08 Å². The van der Waals surface area contributed by atoms with E-state index in [1.807, 2.05) is 45.1 Å². The monoisotopic (exact) mass is 271 g/mol. The highest BCUT2D eigenvalue weighted by atomic mass is 16.1. The molecule has 4 heteroatoms. The Balaban J connectivity index is 2.56. The van der Waals surface area contributed by atoms with E-state index in [0.717, 1.165) is 5.56 Å². The minimum atomic E-state index is -0.367. The second-order valence-electron chi connectivity index (χ2n) is 5.75. The molecule has 0 bridgehead atoms. The van der Waals surface area contributed by atoms with Crippen LogP contribution in [0.2, 0.25) is 0 Å². The lowest BCUT2D eigenvalue weighted by molar-refractivity contribution is -0.122. The average Bonchev–Trinajstić information content (AvgIpc) is 2.37. The number of nitrogens with one attached hydrogen (secondary N) is 1. The van der Waals surface area contributed by atoms with Crippen LogP contribution in [0.15, 0.2) is 30.3 Å². The van der Waals surface area contributed by atoms with Gasteiger partial charge in [-0.2, -0.15) is 5.26 Å². The van der Waals surface area contributed by atoms with Crippen molar-refractivity contribution in [2.75, 3.05) is 6.54 Å². The highest BCUT2D eigenvalue weighted by Crippen LogP contribution is 2.18. The molecule has 0 heterocycles. The van der Waals surface area contributed by atoms with Crippen molar-refractivity contribution in [3.05, 3.63) is 41.5 Å². The van der Waals surface area contributed by atoms with E-state index in [1.54, 1.807) is 12.1 Å². The maximum absolute atomic E-state index is 11.4. The lowest BCUT2D eigenvalue weighted by atomic mass is 9.86. The van der Waals surface area contributed by atoms with Gasteiger partial charge in [0.25, 0.3) is 0 Å². The van der Waals surface area contributed by atoms with E-state index in [9.17, 15) is 4.79 Å². The minimum Gasteiger partial charge on any atom is -0.368 e. The summed E-state index contributed by atoms with van der Waals surface area (Å²) in [6.45, 7) is 6.48. The number of primary amides is 1. The molecule has 0 saturated heterocycles. The van der Waals surface area contributed by atoms with Crippen molar-refractivity contribution in [3.63, 3.8) is 0 Å². The SMILES string of the molecule is CC(C)(C)C(NC/C=C/c1ccc(C#N)cc1)C(N)=O. The van der Waals surface area contributed by atoms with Crippen LogP contribution in [0, 0.1) is 16.7 Å². The van der Waals surface area contributed by atoms with Crippen LogP contribution in [0.1, 0.15) is 31.9 Å². The van der Waals surface area contributed by atoms with Gasteiger partial charge in [0.2, 0.25) is 5.91 Å². The summed E-state index contributed by atoms with van der Waals surface area (Å²) in [4.78, 5) is 11.4. The Morgan fingerprint density at radius 3 is 2.45 bits per heavy atom. The van der Waals surface area contributed by atoms with Crippen molar-refractivity contribution in [1.82, 2.24) is 5.32 Å². The molecule has 4 nitrogen and oxygen atoms in total. The number of nitrogens with two attached hydrogens (primary N) is 1. The molecule has 106 valence electrons. The van der Waals surface area contributed by atoms with Crippen LogP contribution in [0.5, 0.6) is 0 Å². The van der Waals surface area contributed by atoms with E-state index in [4.69, 9.17) is 11.0 Å². The van der Waals surface area contributed by atoms with Crippen LogP contribution in [-0.2, 0) is 4.79 Å². The molecule has 1 unspecified atom stereocenters. The molecular weight excluding hydrogens is 250 g/mol. The summed E-state index contributed by atoms with van der Waals surface area (Å²) in [5.74, 6) is -0.343. The third-order valence-electron chi connectivity index (χ3n) is 2.94. The van der Waals surface area contributed by atoms with Gasteiger partial charge in [-0.15, -0.1) is 0 Å². The Kier molecular flexibility index (Phi) is 5.48. The van der Waals surface area contributed by atoms with Gasteiger partial charge in [0.05, 0.1) is 17.7 Å². The fourth-order valence-electron chi connectivity index (χ4n) is 1.88. The largest absolute Gasteiger partial charge is 0.368 e. The second kappa shape index (κ2) is 6.88. The quantitative estimate of drug-likeness (QED) is 0.860. The number of carbonyl (C=O) groups is 1. The van der Waals surface area contributed by atoms with Crippen LogP contribution < -0.4 is 11.1 Å². The number of nitriles is 1. The van der Waals surface area contributed by atoms with Gasteiger partial charge in [-0.25, -0.2) is 0 Å². The maximum atomic E-state index is 11.4. The number of hydrogen-bond donors (Lipinski definition) is 2. The van der Waals surface area contributed by atoms with Crippen molar-refractivity contribution >= 4 is 12.0 Å². The van der Waals surface area contributed by atoms with Crippen LogP contribution in [0.4, 0.5) is 0 Å². The summed E-state index contributed by atoms with van der Waals surface area (Å²) in [5, 5.41) is 11.8. The summed E-state index contributed by atoms with van der Waals surface area (Å²) in [6, 6.07) is 9.01. The van der Waals surface area contributed by atoms with E-state index in [1.165, 1.54) is 0 Å². The number of hydrogen-bond acceptors (Lipinski definition) is 3. The zero-order valence-corrected chi connectivity index (χ0v) is 12.2. The Bertz CT molecular complexity index is 518. The summed E-state index contributed by atoms with van der Waals surface area (Å²) in [6.07, 6.45) is 3.87. The molecule has 1 aromatic rings. The molecule has 1 atom stereocenters. The lowest BCUT2D eigenvalue weighted by Crippen LogP contribution is -2.49. The fourth-order valence-corrected chi connectivity index (χ4v) is 1.88. The van der Waals surface area contributed by atoms with Gasteiger partial charge in [-0.3, -0.25) is 4.79 Å². The summed E-state index contributed by atoms with van der Waals surface area (Å²) in [7, 11) is 0. The normalized spacial score (nSPS) is 13.1. The van der Waals surface area contributed by atoms with Gasteiger partial charge in [-0.05, 0) is 23.1 Å². The third kappa shape index (κ3) is 4.87. The van der Waals surface area contributed by atoms with Gasteiger partial charge in [-0.1, -0.05) is 45.1 Å². The first-order valence-corrected chi connectivity index (χ1v) is 6.54. The molecule has 0 spiro atoms. The number of nitrogens with zero attached hydrogens (tertiary/aromatic N) is 1. The molecule has 3 N–H and O–H groups in total. The molecule has 0 radical (unpaired) electrons. The Labute approximate surface area is 120 Å². The smallest absolute Gasteiger partial charge is 0.235 e. The number of benzene rings is 1. The Hall–Kier alpha value is -2.12. The van der Waals surface area contributed by atoms with E-state index in [-0.39, 0.29) is 17.4 Å². The summed E-state index contributed by atoms with van der Waals surface area (Å²) >= 11 is 0. The fraction of sp³-hybridized carbons (Fsp3) is 0.375. The number of rotatable bonds is 5. The molecule has 1 aromatic carbocycles. The molecule has 0 aliphatic heterocycles. The molecule has 20 heavy (non-hydrogen) atoms. The van der Waals surface area contributed by atoms with Gasteiger partial charge >= 0.3 is 0 Å². The summed E-state index contributed by atoms with van der Waals surface area (Å²) in [5.41, 5.74) is 6.83. The molecule has 1 amide bonds. The van der Waals surface area contributed by atoms with E-state index >= 15 is 0 Å². The van der Waals surface area contributed by atoms with Crippen LogP contribution >= 0.6 is 0 Å². The van der Waals surface area contributed by atoms with Gasteiger partial charge in [0, 0.05) is 6.54 Å². The molecule has 0 aliphatic carbocycles. The van der Waals surface area contributed by atoms with Crippen molar-refractivity contribution < 1.29 is 4.79 Å². The predicted octanol–water partition coefficient (Wildman–Crippen LogP) is 2.06. The highest BCUT2D eigenvalue weighted by molar-refractivity contribution is 5.80. The van der Waals surface area contributed by atoms with Crippen LogP contribution in [-0.4, -0.2) is 18.5 Å². The second-order valence-corrected chi connectivity index (χ2v) is 5.75. The maximum Gasteiger partial charge on any atom is 0.235 e. The van der Waals surface area contributed by atoms with Crippen molar-refractivity contribution in [3.8, 4) is 6.07 Å². The Morgan fingerprint density at radius 2 is 2.00 bits per heavy atom. The molecule has 0 aromatic heterocycles. The molecule has 0 fully saturated rings. The van der Waals surface area contributed by atoms with Crippen molar-refractivity contribution in [1.29, 1.82) is 5.26 Å². The molecule has 1 rings (SSSR count). The van der Waals surface area contributed by atoms with Gasteiger partial charge in [0.1, 0.15) is 0 Å². The summed E-state index contributed by atoms with van der Waals surface area (Å²) < 4.78 is 0. The van der Waals surface area contributed by atoms with Crippen molar-refractivity contribution in [2.24, 2.45) is 11.1 Å². The van der Waals surface area contributed by atoms with Crippen LogP contribution in [0.3, 0.4) is 0 Å². The highest BCUT2D eigenvalue weighted by Gasteiger charge is 2.28. The van der Waals surface area contributed by atoms with E-state index in [2.05, 4.69) is 11.4 Å². The first-order chi connectivity index (χ1) is 9.34. The molecular formula is C16H21N3O. The first kappa shape index (κ1) is 15.9. The number of amides is 1. The van der Waals surface area contributed by atoms with Crippen molar-refractivity contribution in [2.45, 2.75) is 26.8 Å². The Morgan fingerprint density at radius 1 is 1.40 bits per heavy atom. The predicted molar refractivity (Wildman–Crippen MR) is 80.6 cm³/mol. The minimum absolute atomic E-state index is 0.214. The standard InChI is InChI=1S/C16H21N3O/c1-16(2,3)14(15(18)20)19-10-4-5-12-6-8-13(11-17)9-7-12/h4-9,14,19H,10H2,1-3H3,(H2,18,20)/b5-4+.